The van der Waals surface area contributed by atoms with Gasteiger partial charge in [0.1, 0.15) is 5.60 Å². The summed E-state index contributed by atoms with van der Waals surface area (Å²) in [6.07, 6.45) is 11.0. The van der Waals surface area contributed by atoms with Crippen molar-refractivity contribution < 1.29 is 22.7 Å². The first-order valence-electron chi connectivity index (χ1n) is 13.3. The fourth-order valence-corrected chi connectivity index (χ4v) is 8.06. The van der Waals surface area contributed by atoms with Crippen LogP contribution in [0.4, 0.5) is 9.59 Å². The molecule has 3 aliphatic carbocycles. The molecule has 3 saturated carbocycles. The lowest BCUT2D eigenvalue weighted by atomic mass is 9.60. The molecule has 0 aromatic carbocycles. The van der Waals surface area contributed by atoms with Gasteiger partial charge in [-0.25, -0.2) is 22.7 Å². The standard InChI is InChI=1S/C26H43N3O5S/c1-25(2,3)34-24(31)29-14-7-8-18(17-29)12-15-35(32,33)28-23(30)27-22-20-10-5-9-19(20)16-26(4)13-6-11-21(22)26/h12,15,18-22H,5-11,13-14,16-17H2,1-4H3,(H2,27,28,30)/b15-12+. The first-order chi connectivity index (χ1) is 16.4. The summed E-state index contributed by atoms with van der Waals surface area (Å²) >= 11 is 0. The third-order valence-electron chi connectivity index (χ3n) is 8.67. The number of nitrogens with one attached hydrogen (secondary N) is 2. The number of amides is 3. The molecule has 0 aromatic rings. The number of piperidine rings is 1. The van der Waals surface area contributed by atoms with Crippen LogP contribution in [-0.4, -0.2) is 50.2 Å². The monoisotopic (exact) mass is 509 g/mol. The quantitative estimate of drug-likeness (QED) is 0.568. The maximum absolute atomic E-state index is 12.8. The summed E-state index contributed by atoms with van der Waals surface area (Å²) < 4.78 is 33.0. The van der Waals surface area contributed by atoms with Crippen molar-refractivity contribution in [2.24, 2.45) is 29.1 Å². The van der Waals surface area contributed by atoms with Crippen LogP contribution in [0.5, 0.6) is 0 Å². The largest absolute Gasteiger partial charge is 0.444 e. The van der Waals surface area contributed by atoms with Gasteiger partial charge < -0.3 is 15.0 Å². The maximum Gasteiger partial charge on any atom is 0.410 e. The number of carbonyl (C=O) groups excluding carboxylic acids is 2. The Morgan fingerprint density at radius 3 is 2.60 bits per heavy atom. The molecular formula is C26H43N3O5S. The lowest BCUT2D eigenvalue weighted by molar-refractivity contribution is 0.0187. The Labute approximate surface area is 210 Å². The second-order valence-electron chi connectivity index (χ2n) is 12.5. The molecule has 6 atom stereocenters. The minimum atomic E-state index is -3.93. The molecule has 0 spiro atoms. The van der Waals surface area contributed by atoms with Crippen molar-refractivity contribution in [1.82, 2.24) is 14.9 Å². The highest BCUT2D eigenvalue weighted by atomic mass is 32.2. The van der Waals surface area contributed by atoms with E-state index in [1.54, 1.807) is 11.0 Å². The van der Waals surface area contributed by atoms with Gasteiger partial charge in [-0.15, -0.1) is 0 Å². The lowest BCUT2D eigenvalue weighted by Crippen LogP contribution is -2.56. The van der Waals surface area contributed by atoms with Gasteiger partial charge in [0.15, 0.2) is 0 Å². The summed E-state index contributed by atoms with van der Waals surface area (Å²) in [5, 5.41) is 4.17. The van der Waals surface area contributed by atoms with Gasteiger partial charge in [-0.3, -0.25) is 0 Å². The second kappa shape index (κ2) is 9.94. The molecule has 1 saturated heterocycles. The summed E-state index contributed by atoms with van der Waals surface area (Å²) in [6.45, 7) is 8.82. The minimum absolute atomic E-state index is 0.0451. The SMILES string of the molecule is CC(C)(C)OC(=O)N1CCCC(/C=C/S(=O)(=O)NC(=O)NC2C3CCCC3CC3(C)CCCC23)C1. The van der Waals surface area contributed by atoms with Gasteiger partial charge in [-0.2, -0.15) is 0 Å². The maximum atomic E-state index is 12.8. The van der Waals surface area contributed by atoms with Crippen molar-refractivity contribution in [3.63, 3.8) is 0 Å². The Bertz CT molecular complexity index is 943. The van der Waals surface area contributed by atoms with Gasteiger partial charge in [0, 0.05) is 24.5 Å². The van der Waals surface area contributed by atoms with Crippen LogP contribution in [0, 0.1) is 29.1 Å². The van der Waals surface area contributed by atoms with Crippen LogP contribution in [0.15, 0.2) is 11.5 Å². The summed E-state index contributed by atoms with van der Waals surface area (Å²) in [7, 11) is -3.93. The van der Waals surface area contributed by atoms with E-state index in [0.29, 0.717) is 30.8 Å². The van der Waals surface area contributed by atoms with E-state index in [0.717, 1.165) is 31.1 Å². The van der Waals surface area contributed by atoms with Crippen LogP contribution < -0.4 is 10.0 Å². The van der Waals surface area contributed by atoms with Crippen molar-refractivity contribution in [3.05, 3.63) is 11.5 Å². The highest BCUT2D eigenvalue weighted by Gasteiger charge is 2.54. The summed E-state index contributed by atoms with van der Waals surface area (Å²) in [6, 6.07) is -0.580. The molecule has 0 bridgehead atoms. The predicted octanol–water partition coefficient (Wildman–Crippen LogP) is 4.77. The number of carbonyl (C=O) groups is 2. The van der Waals surface area contributed by atoms with Gasteiger partial charge in [0.05, 0.1) is 0 Å². The van der Waals surface area contributed by atoms with Crippen LogP contribution in [-0.2, 0) is 14.8 Å². The molecule has 4 fully saturated rings. The van der Waals surface area contributed by atoms with E-state index in [1.165, 1.54) is 32.1 Å². The number of nitrogens with zero attached hydrogens (tertiary/aromatic N) is 1. The number of fused-ring (bicyclic) bond motifs is 2. The zero-order chi connectivity index (χ0) is 25.4. The Balaban J connectivity index is 1.34. The van der Waals surface area contributed by atoms with Gasteiger partial charge in [-0.05, 0) is 88.4 Å². The summed E-state index contributed by atoms with van der Waals surface area (Å²) in [5.74, 6) is 1.41. The van der Waals surface area contributed by atoms with E-state index in [4.69, 9.17) is 4.74 Å². The van der Waals surface area contributed by atoms with E-state index >= 15 is 0 Å². The van der Waals surface area contributed by atoms with E-state index in [9.17, 15) is 18.0 Å². The second-order valence-corrected chi connectivity index (χ2v) is 14.1. The van der Waals surface area contributed by atoms with E-state index < -0.39 is 21.7 Å². The van der Waals surface area contributed by atoms with Crippen LogP contribution >= 0.6 is 0 Å². The molecule has 1 heterocycles. The van der Waals surface area contributed by atoms with Crippen molar-refractivity contribution in [2.45, 2.75) is 97.1 Å². The molecule has 0 aromatic heterocycles. The Hall–Kier alpha value is -1.77. The molecule has 3 amide bonds. The van der Waals surface area contributed by atoms with Gasteiger partial charge in [0.2, 0.25) is 0 Å². The third-order valence-corrected chi connectivity index (χ3v) is 9.66. The number of urea groups is 1. The smallest absolute Gasteiger partial charge is 0.410 e. The van der Waals surface area contributed by atoms with Crippen molar-refractivity contribution >= 4 is 22.1 Å². The van der Waals surface area contributed by atoms with Crippen LogP contribution in [0.2, 0.25) is 0 Å². The molecule has 4 rings (SSSR count). The third kappa shape index (κ3) is 6.33. The van der Waals surface area contributed by atoms with E-state index in [-0.39, 0.29) is 23.5 Å². The van der Waals surface area contributed by atoms with Gasteiger partial charge in [-0.1, -0.05) is 32.3 Å². The Morgan fingerprint density at radius 1 is 1.09 bits per heavy atom. The molecule has 198 valence electrons. The summed E-state index contributed by atoms with van der Waals surface area (Å²) in [5.41, 5.74) is -0.323. The van der Waals surface area contributed by atoms with E-state index in [1.807, 2.05) is 20.8 Å². The topological polar surface area (TPSA) is 105 Å². The molecule has 35 heavy (non-hydrogen) atoms. The highest BCUT2D eigenvalue weighted by molar-refractivity contribution is 7.92. The average molecular weight is 510 g/mol. The molecule has 1 aliphatic heterocycles. The molecule has 4 aliphatic rings. The molecule has 0 radical (unpaired) electrons. The van der Waals surface area contributed by atoms with E-state index in [2.05, 4.69) is 17.0 Å². The predicted molar refractivity (Wildman–Crippen MR) is 135 cm³/mol. The number of hydrogen-bond donors (Lipinski definition) is 2. The Morgan fingerprint density at radius 2 is 1.86 bits per heavy atom. The van der Waals surface area contributed by atoms with Crippen LogP contribution in [0.3, 0.4) is 0 Å². The average Bonchev–Trinajstić information content (AvgIpc) is 3.36. The highest BCUT2D eigenvalue weighted by Crippen LogP contribution is 2.58. The van der Waals surface area contributed by atoms with Crippen LogP contribution in [0.25, 0.3) is 0 Å². The number of likely N-dealkylation sites (tertiary alicyclic amines) is 1. The van der Waals surface area contributed by atoms with Crippen molar-refractivity contribution in [1.29, 1.82) is 0 Å². The fourth-order valence-electron chi connectivity index (χ4n) is 7.24. The summed E-state index contributed by atoms with van der Waals surface area (Å²) in [4.78, 5) is 26.8. The number of sulfonamides is 1. The zero-order valence-corrected chi connectivity index (χ0v) is 22.5. The molecule has 6 unspecified atom stereocenters. The molecule has 9 heteroatoms. The molecule has 2 N–H and O–H groups in total. The van der Waals surface area contributed by atoms with Crippen LogP contribution in [0.1, 0.15) is 85.5 Å². The van der Waals surface area contributed by atoms with Crippen molar-refractivity contribution in [3.8, 4) is 0 Å². The van der Waals surface area contributed by atoms with Gasteiger partial charge >= 0.3 is 12.1 Å². The van der Waals surface area contributed by atoms with Crippen molar-refractivity contribution in [2.75, 3.05) is 13.1 Å². The first-order valence-corrected chi connectivity index (χ1v) is 14.9. The lowest BCUT2D eigenvalue weighted by Gasteiger charge is -2.48. The minimum Gasteiger partial charge on any atom is -0.444 e. The number of hydrogen-bond acceptors (Lipinski definition) is 5. The normalized spacial score (nSPS) is 35.4. The number of ether oxygens (including phenoxy) is 1. The zero-order valence-electron chi connectivity index (χ0n) is 21.7. The Kier molecular flexibility index (Phi) is 7.47. The number of rotatable bonds is 4. The van der Waals surface area contributed by atoms with Gasteiger partial charge in [0.25, 0.3) is 10.0 Å². The fraction of sp³-hybridized carbons (Fsp3) is 0.846. The molecule has 8 nitrogen and oxygen atoms in total. The molecular weight excluding hydrogens is 466 g/mol. The first kappa shape index (κ1) is 26.3.